The van der Waals surface area contributed by atoms with Crippen molar-refractivity contribution in [2.75, 3.05) is 13.1 Å². The second-order valence-electron chi connectivity index (χ2n) is 6.67. The van der Waals surface area contributed by atoms with Gasteiger partial charge >= 0.3 is 0 Å². The number of fused-ring (bicyclic) bond motifs is 1. The monoisotopic (exact) mass is 342 g/mol. The Morgan fingerprint density at radius 1 is 1.26 bits per heavy atom. The van der Waals surface area contributed by atoms with E-state index in [1.54, 1.807) is 0 Å². The van der Waals surface area contributed by atoms with Gasteiger partial charge in [0.05, 0.1) is 29.8 Å². The zero-order valence-electron chi connectivity index (χ0n) is 12.4. The number of nitrogens with zero attached hydrogens (tertiary/aromatic N) is 1. The van der Waals surface area contributed by atoms with Crippen LogP contribution < -0.4 is 10.2 Å². The maximum atomic E-state index is 14.2. The predicted molar refractivity (Wildman–Crippen MR) is 80.6 cm³/mol. The van der Waals surface area contributed by atoms with E-state index in [0.29, 0.717) is 0 Å². The summed E-state index contributed by atoms with van der Waals surface area (Å²) >= 11 is 6.13. The van der Waals surface area contributed by atoms with E-state index in [0.717, 1.165) is 30.7 Å². The van der Waals surface area contributed by atoms with Crippen LogP contribution in [0.4, 0.5) is 8.78 Å². The average molecular weight is 343 g/mol. The Labute approximate surface area is 137 Å². The summed E-state index contributed by atoms with van der Waals surface area (Å²) in [5.74, 6) is 0.459. The third-order valence-corrected chi connectivity index (χ3v) is 5.15. The highest BCUT2D eigenvalue weighted by Gasteiger charge is 2.47. The van der Waals surface area contributed by atoms with Crippen molar-refractivity contribution in [1.82, 2.24) is 10.4 Å². The molecular weight excluding hydrogens is 326 g/mol. The summed E-state index contributed by atoms with van der Waals surface area (Å²) in [5, 5.41) is 1.61. The molecule has 0 bridgehead atoms. The van der Waals surface area contributed by atoms with Gasteiger partial charge in [0.1, 0.15) is 17.7 Å². The molecule has 0 radical (unpaired) electrons. The number of amides is 1. The number of hydrogen-bond donors (Lipinski definition) is 1. The number of carbonyl (C=O) groups is 1. The number of hydrazine groups is 1. The van der Waals surface area contributed by atoms with Crippen LogP contribution in [0.15, 0.2) is 12.1 Å². The van der Waals surface area contributed by atoms with Gasteiger partial charge in [-0.25, -0.2) is 13.8 Å². The first-order valence-corrected chi connectivity index (χ1v) is 8.23. The summed E-state index contributed by atoms with van der Waals surface area (Å²) in [6.45, 7) is 0.235. The van der Waals surface area contributed by atoms with Crippen LogP contribution >= 0.6 is 11.6 Å². The van der Waals surface area contributed by atoms with Gasteiger partial charge in [0.2, 0.25) is 0 Å². The maximum Gasteiger partial charge on any atom is 0.268 e. The lowest BCUT2D eigenvalue weighted by Gasteiger charge is -2.34. The lowest BCUT2D eigenvalue weighted by Crippen LogP contribution is -2.57. The van der Waals surface area contributed by atoms with Crippen molar-refractivity contribution in [1.29, 1.82) is 0 Å². The molecule has 1 aliphatic heterocycles. The van der Waals surface area contributed by atoms with Crippen molar-refractivity contribution in [3.8, 4) is 5.75 Å². The molecule has 7 heteroatoms. The van der Waals surface area contributed by atoms with E-state index in [-0.39, 0.29) is 35.5 Å². The molecule has 0 aromatic heterocycles. The van der Waals surface area contributed by atoms with Crippen LogP contribution in [0.25, 0.3) is 0 Å². The molecule has 2 saturated carbocycles. The molecule has 0 spiro atoms. The Hall–Kier alpha value is -1.40. The highest BCUT2D eigenvalue weighted by molar-refractivity contribution is 6.32. The SMILES string of the molecule is O=C(NN1CC(F)C1)c1cc(Cl)c(OC2CC3CC3C2)cc1F. The van der Waals surface area contributed by atoms with E-state index in [1.165, 1.54) is 17.5 Å². The van der Waals surface area contributed by atoms with Crippen LogP contribution in [0.2, 0.25) is 5.02 Å². The Balaban J connectivity index is 1.44. The Bertz CT molecular complexity index is 641. The normalized spacial score (nSPS) is 29.8. The van der Waals surface area contributed by atoms with E-state index in [2.05, 4.69) is 5.43 Å². The van der Waals surface area contributed by atoms with Crippen LogP contribution in [0.5, 0.6) is 5.75 Å². The zero-order valence-corrected chi connectivity index (χ0v) is 13.2. The van der Waals surface area contributed by atoms with Crippen LogP contribution in [-0.2, 0) is 0 Å². The van der Waals surface area contributed by atoms with E-state index in [1.807, 2.05) is 0 Å². The van der Waals surface area contributed by atoms with E-state index < -0.39 is 17.9 Å². The van der Waals surface area contributed by atoms with Crippen molar-refractivity contribution >= 4 is 17.5 Å². The number of ether oxygens (including phenoxy) is 1. The van der Waals surface area contributed by atoms with Crippen molar-refractivity contribution in [2.45, 2.75) is 31.5 Å². The molecule has 23 heavy (non-hydrogen) atoms. The first-order chi connectivity index (χ1) is 11.0. The lowest BCUT2D eigenvalue weighted by atomic mass is 10.1. The maximum absolute atomic E-state index is 14.2. The largest absolute Gasteiger partial charge is 0.489 e. The van der Waals surface area contributed by atoms with E-state index in [9.17, 15) is 13.6 Å². The molecule has 1 amide bonds. The fourth-order valence-corrected chi connectivity index (χ4v) is 3.66. The molecule has 1 aromatic carbocycles. The molecular formula is C16H17ClF2N2O2. The minimum atomic E-state index is -0.947. The first-order valence-electron chi connectivity index (χ1n) is 7.85. The van der Waals surface area contributed by atoms with Crippen molar-refractivity contribution in [2.24, 2.45) is 11.8 Å². The Morgan fingerprint density at radius 3 is 2.61 bits per heavy atom. The number of carbonyl (C=O) groups excluding carboxylic acids is 1. The number of rotatable bonds is 4. The fraction of sp³-hybridized carbons (Fsp3) is 0.562. The number of hydrogen-bond acceptors (Lipinski definition) is 3. The third-order valence-electron chi connectivity index (χ3n) is 4.86. The average Bonchev–Trinajstić information content (AvgIpc) is 3.08. The van der Waals surface area contributed by atoms with Crippen LogP contribution in [-0.4, -0.2) is 36.3 Å². The van der Waals surface area contributed by atoms with Crippen LogP contribution in [0.3, 0.4) is 0 Å². The molecule has 3 aliphatic rings. The third kappa shape index (κ3) is 3.02. The van der Waals surface area contributed by atoms with Gasteiger partial charge < -0.3 is 4.74 Å². The molecule has 124 valence electrons. The molecule has 4 rings (SSSR count). The van der Waals surface area contributed by atoms with Gasteiger partial charge in [-0.15, -0.1) is 0 Å². The molecule has 2 atom stereocenters. The summed E-state index contributed by atoms with van der Waals surface area (Å²) in [6, 6.07) is 2.43. The van der Waals surface area contributed by atoms with Crippen molar-refractivity contribution in [3.05, 3.63) is 28.5 Å². The number of alkyl halides is 1. The summed E-state index contributed by atoms with van der Waals surface area (Å²) in [7, 11) is 0. The molecule has 2 unspecified atom stereocenters. The quantitative estimate of drug-likeness (QED) is 0.914. The smallest absolute Gasteiger partial charge is 0.268 e. The molecule has 2 aliphatic carbocycles. The summed E-state index contributed by atoms with van der Waals surface area (Å²) in [4.78, 5) is 12.0. The molecule has 3 fully saturated rings. The van der Waals surface area contributed by atoms with Crippen LogP contribution in [0.1, 0.15) is 29.6 Å². The Kier molecular flexibility index (Phi) is 3.69. The minimum Gasteiger partial charge on any atom is -0.489 e. The second-order valence-corrected chi connectivity index (χ2v) is 7.08. The summed E-state index contributed by atoms with van der Waals surface area (Å²) in [5.41, 5.74) is 2.28. The predicted octanol–water partition coefficient (Wildman–Crippen LogP) is 2.95. The van der Waals surface area contributed by atoms with Gasteiger partial charge in [-0.05, 0) is 37.2 Å². The summed E-state index contributed by atoms with van der Waals surface area (Å²) < 4.78 is 32.7. The van der Waals surface area contributed by atoms with Gasteiger partial charge in [0.25, 0.3) is 5.91 Å². The fourth-order valence-electron chi connectivity index (χ4n) is 3.45. The van der Waals surface area contributed by atoms with Gasteiger partial charge in [-0.1, -0.05) is 11.6 Å². The molecule has 1 saturated heterocycles. The van der Waals surface area contributed by atoms with Crippen molar-refractivity contribution in [3.63, 3.8) is 0 Å². The van der Waals surface area contributed by atoms with E-state index in [4.69, 9.17) is 16.3 Å². The molecule has 1 N–H and O–H groups in total. The second kappa shape index (κ2) is 5.60. The zero-order chi connectivity index (χ0) is 16.1. The molecule has 1 heterocycles. The minimum absolute atomic E-state index is 0.0814. The van der Waals surface area contributed by atoms with Gasteiger partial charge in [0.15, 0.2) is 0 Å². The lowest BCUT2D eigenvalue weighted by molar-refractivity contribution is 0.0191. The van der Waals surface area contributed by atoms with Crippen molar-refractivity contribution < 1.29 is 18.3 Å². The van der Waals surface area contributed by atoms with Gasteiger partial charge in [-0.3, -0.25) is 10.2 Å². The van der Waals surface area contributed by atoms with E-state index >= 15 is 0 Å². The summed E-state index contributed by atoms with van der Waals surface area (Å²) in [6.07, 6.45) is 2.39. The highest BCUT2D eigenvalue weighted by Crippen LogP contribution is 2.52. The first kappa shape index (κ1) is 15.1. The highest BCUT2D eigenvalue weighted by atomic mass is 35.5. The number of halogens is 3. The Morgan fingerprint density at radius 2 is 1.96 bits per heavy atom. The van der Waals surface area contributed by atoms with Gasteiger partial charge in [0, 0.05) is 6.07 Å². The van der Waals surface area contributed by atoms with Crippen LogP contribution in [0, 0.1) is 17.7 Å². The molecule has 1 aromatic rings. The number of nitrogens with one attached hydrogen (secondary N) is 1. The standard InChI is InChI=1S/C16H17ClF2N2O2/c17-13-4-12(16(22)20-21-6-10(18)7-21)14(19)5-15(13)23-11-2-8-1-9(8)3-11/h4-5,8-11H,1-3,6-7H2,(H,20,22). The molecule has 4 nitrogen and oxygen atoms in total. The topological polar surface area (TPSA) is 41.6 Å². The number of benzene rings is 1. The van der Waals surface area contributed by atoms with Gasteiger partial charge in [-0.2, -0.15) is 0 Å².